The molecular formula is C15H23F2NO. The minimum Gasteiger partial charge on any atom is -0.384 e. The molecular weight excluding hydrogens is 248 g/mol. The van der Waals surface area contributed by atoms with E-state index in [4.69, 9.17) is 4.74 Å². The molecule has 0 aliphatic rings. The SMILES string of the molecule is CCNC(Cc1cc(F)cc(F)c1)CC(C)COC. The van der Waals surface area contributed by atoms with Crippen LogP contribution >= 0.6 is 0 Å². The Morgan fingerprint density at radius 3 is 2.37 bits per heavy atom. The molecule has 0 bridgehead atoms. The lowest BCUT2D eigenvalue weighted by molar-refractivity contribution is 0.149. The molecule has 19 heavy (non-hydrogen) atoms. The van der Waals surface area contributed by atoms with Gasteiger partial charge in [-0.05, 0) is 43.0 Å². The van der Waals surface area contributed by atoms with Crippen molar-refractivity contribution in [3.8, 4) is 0 Å². The molecule has 108 valence electrons. The number of nitrogens with one attached hydrogen (secondary N) is 1. The largest absolute Gasteiger partial charge is 0.384 e. The van der Waals surface area contributed by atoms with E-state index < -0.39 is 11.6 Å². The normalized spacial score (nSPS) is 14.4. The van der Waals surface area contributed by atoms with Gasteiger partial charge in [-0.1, -0.05) is 13.8 Å². The maximum Gasteiger partial charge on any atom is 0.126 e. The minimum absolute atomic E-state index is 0.205. The monoisotopic (exact) mass is 271 g/mol. The fourth-order valence-corrected chi connectivity index (χ4v) is 2.38. The van der Waals surface area contributed by atoms with Gasteiger partial charge in [-0.3, -0.25) is 0 Å². The highest BCUT2D eigenvalue weighted by Crippen LogP contribution is 2.14. The second-order valence-corrected chi connectivity index (χ2v) is 5.03. The van der Waals surface area contributed by atoms with Gasteiger partial charge in [-0.15, -0.1) is 0 Å². The van der Waals surface area contributed by atoms with Gasteiger partial charge in [0, 0.05) is 25.8 Å². The molecule has 1 rings (SSSR count). The van der Waals surface area contributed by atoms with Crippen LogP contribution in [0.3, 0.4) is 0 Å². The Kier molecular flexibility index (Phi) is 6.95. The van der Waals surface area contributed by atoms with E-state index in [1.165, 1.54) is 12.1 Å². The standard InChI is InChI=1S/C15H23F2NO/c1-4-18-15(5-11(2)10-19-3)8-12-6-13(16)9-14(17)7-12/h6-7,9,11,15,18H,4-5,8,10H2,1-3H3. The van der Waals surface area contributed by atoms with Crippen molar-refractivity contribution in [3.05, 3.63) is 35.4 Å². The van der Waals surface area contributed by atoms with Gasteiger partial charge in [-0.25, -0.2) is 8.78 Å². The van der Waals surface area contributed by atoms with Crippen LogP contribution in [0.25, 0.3) is 0 Å². The molecule has 0 amide bonds. The second kappa shape index (κ2) is 8.23. The molecule has 1 aromatic rings. The molecule has 0 aliphatic carbocycles. The van der Waals surface area contributed by atoms with E-state index in [0.29, 0.717) is 24.5 Å². The average molecular weight is 271 g/mol. The number of methoxy groups -OCH3 is 1. The average Bonchev–Trinajstić information content (AvgIpc) is 2.27. The molecule has 0 saturated carbocycles. The van der Waals surface area contributed by atoms with Crippen LogP contribution < -0.4 is 5.32 Å². The van der Waals surface area contributed by atoms with Gasteiger partial charge >= 0.3 is 0 Å². The van der Waals surface area contributed by atoms with Crippen molar-refractivity contribution in [2.45, 2.75) is 32.7 Å². The van der Waals surface area contributed by atoms with Crippen LogP contribution in [-0.4, -0.2) is 26.3 Å². The highest BCUT2D eigenvalue weighted by Gasteiger charge is 2.14. The molecule has 0 saturated heterocycles. The summed E-state index contributed by atoms with van der Waals surface area (Å²) in [6, 6.07) is 3.90. The first-order valence-electron chi connectivity index (χ1n) is 6.72. The Morgan fingerprint density at radius 1 is 1.21 bits per heavy atom. The lowest BCUT2D eigenvalue weighted by atomic mass is 9.96. The number of ether oxygens (including phenoxy) is 1. The van der Waals surface area contributed by atoms with Crippen LogP contribution in [0.4, 0.5) is 8.78 Å². The van der Waals surface area contributed by atoms with Crippen LogP contribution in [0.2, 0.25) is 0 Å². The molecule has 0 fully saturated rings. The maximum atomic E-state index is 13.2. The zero-order valence-electron chi connectivity index (χ0n) is 11.9. The molecule has 0 aliphatic heterocycles. The zero-order chi connectivity index (χ0) is 14.3. The molecule has 2 atom stereocenters. The van der Waals surface area contributed by atoms with Crippen LogP contribution in [0.5, 0.6) is 0 Å². The highest BCUT2D eigenvalue weighted by molar-refractivity contribution is 5.19. The Labute approximate surface area is 114 Å². The van der Waals surface area contributed by atoms with E-state index in [1.54, 1.807) is 7.11 Å². The quantitative estimate of drug-likeness (QED) is 0.784. The summed E-state index contributed by atoms with van der Waals surface area (Å²) in [5.74, 6) is -0.627. The van der Waals surface area contributed by atoms with Gasteiger partial charge in [0.15, 0.2) is 0 Å². The Hall–Kier alpha value is -1.00. The van der Waals surface area contributed by atoms with Crippen LogP contribution in [-0.2, 0) is 11.2 Å². The number of benzene rings is 1. The Morgan fingerprint density at radius 2 is 1.84 bits per heavy atom. The third-order valence-electron chi connectivity index (χ3n) is 3.04. The smallest absolute Gasteiger partial charge is 0.126 e. The summed E-state index contributed by atoms with van der Waals surface area (Å²) in [5.41, 5.74) is 0.688. The Bertz CT molecular complexity index is 364. The first kappa shape index (κ1) is 16.1. The number of likely N-dealkylation sites (N-methyl/N-ethyl adjacent to an activating group) is 1. The molecule has 0 aromatic heterocycles. The summed E-state index contributed by atoms with van der Waals surface area (Å²) >= 11 is 0. The number of hydrogen-bond donors (Lipinski definition) is 1. The predicted molar refractivity (Wildman–Crippen MR) is 73.2 cm³/mol. The van der Waals surface area contributed by atoms with Crippen molar-refractivity contribution >= 4 is 0 Å². The predicted octanol–water partition coefficient (Wildman–Crippen LogP) is 3.16. The van der Waals surface area contributed by atoms with E-state index in [0.717, 1.165) is 19.0 Å². The molecule has 4 heteroatoms. The van der Waals surface area contributed by atoms with Gasteiger partial charge in [0.1, 0.15) is 11.6 Å². The van der Waals surface area contributed by atoms with Gasteiger partial charge < -0.3 is 10.1 Å². The minimum atomic E-state index is -0.518. The summed E-state index contributed by atoms with van der Waals surface area (Å²) in [5, 5.41) is 3.36. The summed E-state index contributed by atoms with van der Waals surface area (Å²) < 4.78 is 31.5. The van der Waals surface area contributed by atoms with Crippen molar-refractivity contribution in [2.75, 3.05) is 20.3 Å². The third-order valence-corrected chi connectivity index (χ3v) is 3.04. The number of hydrogen-bond acceptors (Lipinski definition) is 2. The molecule has 1 aromatic carbocycles. The van der Waals surface area contributed by atoms with Gasteiger partial charge in [0.2, 0.25) is 0 Å². The van der Waals surface area contributed by atoms with E-state index in [-0.39, 0.29) is 6.04 Å². The summed E-state index contributed by atoms with van der Waals surface area (Å²) in [6.45, 7) is 5.67. The van der Waals surface area contributed by atoms with E-state index in [2.05, 4.69) is 12.2 Å². The van der Waals surface area contributed by atoms with E-state index >= 15 is 0 Å². The Balaban J connectivity index is 2.66. The van der Waals surface area contributed by atoms with Gasteiger partial charge in [0.05, 0.1) is 0 Å². The zero-order valence-corrected chi connectivity index (χ0v) is 11.9. The lowest BCUT2D eigenvalue weighted by Gasteiger charge is -2.21. The summed E-state index contributed by atoms with van der Waals surface area (Å²) in [7, 11) is 1.68. The van der Waals surface area contributed by atoms with Crippen molar-refractivity contribution < 1.29 is 13.5 Å². The molecule has 0 radical (unpaired) electrons. The van der Waals surface area contributed by atoms with Crippen LogP contribution in [0.1, 0.15) is 25.8 Å². The maximum absolute atomic E-state index is 13.2. The third kappa shape index (κ3) is 6.12. The van der Waals surface area contributed by atoms with Crippen molar-refractivity contribution in [1.82, 2.24) is 5.32 Å². The lowest BCUT2D eigenvalue weighted by Crippen LogP contribution is -2.33. The molecule has 1 N–H and O–H groups in total. The first-order chi connectivity index (χ1) is 9.05. The highest BCUT2D eigenvalue weighted by atomic mass is 19.1. The van der Waals surface area contributed by atoms with Gasteiger partial charge in [0.25, 0.3) is 0 Å². The first-order valence-corrected chi connectivity index (χ1v) is 6.72. The van der Waals surface area contributed by atoms with E-state index in [9.17, 15) is 8.78 Å². The van der Waals surface area contributed by atoms with E-state index in [1.807, 2.05) is 6.92 Å². The fraction of sp³-hybridized carbons (Fsp3) is 0.600. The molecule has 2 unspecified atom stereocenters. The number of rotatable bonds is 8. The fourth-order valence-electron chi connectivity index (χ4n) is 2.38. The van der Waals surface area contributed by atoms with Crippen LogP contribution in [0.15, 0.2) is 18.2 Å². The molecule has 0 spiro atoms. The van der Waals surface area contributed by atoms with Gasteiger partial charge in [-0.2, -0.15) is 0 Å². The van der Waals surface area contributed by atoms with Crippen LogP contribution in [0, 0.1) is 17.6 Å². The second-order valence-electron chi connectivity index (χ2n) is 5.03. The van der Waals surface area contributed by atoms with Crippen molar-refractivity contribution in [1.29, 1.82) is 0 Å². The topological polar surface area (TPSA) is 21.3 Å². The van der Waals surface area contributed by atoms with Crippen molar-refractivity contribution in [3.63, 3.8) is 0 Å². The molecule has 2 nitrogen and oxygen atoms in total. The number of halogens is 2. The van der Waals surface area contributed by atoms with Crippen molar-refractivity contribution in [2.24, 2.45) is 5.92 Å². The summed E-state index contributed by atoms with van der Waals surface area (Å²) in [6.07, 6.45) is 1.54. The molecule has 0 heterocycles. The summed E-state index contributed by atoms with van der Waals surface area (Å²) in [4.78, 5) is 0.